The van der Waals surface area contributed by atoms with E-state index in [0.717, 1.165) is 0 Å². The molecule has 6 nitrogen and oxygen atoms in total. The third-order valence-corrected chi connectivity index (χ3v) is 3.43. The molecule has 1 atom stereocenters. The standard InChI is InChI=1S/C13H14BrNO5/c1-7-9(13(17)18)4-8(14)5-10(7)15-12(16)11-6-19-2-3-20-11/h4-5,11H,2-3,6H2,1H3,(H,15,16)(H,17,18). The average Bonchev–Trinajstić information content (AvgIpc) is 2.43. The lowest BCUT2D eigenvalue weighted by Crippen LogP contribution is -2.39. The first-order chi connectivity index (χ1) is 9.49. The van der Waals surface area contributed by atoms with Gasteiger partial charge in [-0.15, -0.1) is 0 Å². The highest BCUT2D eigenvalue weighted by molar-refractivity contribution is 9.10. The molecule has 20 heavy (non-hydrogen) atoms. The average molecular weight is 344 g/mol. The number of amides is 1. The van der Waals surface area contributed by atoms with E-state index >= 15 is 0 Å². The number of benzene rings is 1. The second-order valence-corrected chi connectivity index (χ2v) is 5.27. The van der Waals surface area contributed by atoms with Gasteiger partial charge < -0.3 is 19.9 Å². The van der Waals surface area contributed by atoms with Crippen molar-refractivity contribution in [3.05, 3.63) is 27.7 Å². The van der Waals surface area contributed by atoms with E-state index in [2.05, 4.69) is 21.2 Å². The fraction of sp³-hybridized carbons (Fsp3) is 0.385. The lowest BCUT2D eigenvalue weighted by Gasteiger charge is -2.22. The molecule has 1 aromatic rings. The molecule has 2 N–H and O–H groups in total. The van der Waals surface area contributed by atoms with E-state index in [1.54, 1.807) is 13.0 Å². The van der Waals surface area contributed by atoms with Gasteiger partial charge in [-0.05, 0) is 24.6 Å². The van der Waals surface area contributed by atoms with Crippen molar-refractivity contribution in [1.29, 1.82) is 0 Å². The molecular weight excluding hydrogens is 330 g/mol. The zero-order valence-electron chi connectivity index (χ0n) is 10.8. The van der Waals surface area contributed by atoms with E-state index in [0.29, 0.717) is 28.9 Å². The number of carboxylic acid groups (broad SMARTS) is 1. The van der Waals surface area contributed by atoms with Crippen LogP contribution in [0, 0.1) is 6.92 Å². The molecule has 0 saturated carbocycles. The topological polar surface area (TPSA) is 84.9 Å². The molecule has 108 valence electrons. The molecule has 1 aliphatic heterocycles. The van der Waals surface area contributed by atoms with Gasteiger partial charge in [0.15, 0.2) is 6.10 Å². The van der Waals surface area contributed by atoms with Crippen molar-refractivity contribution >= 4 is 33.5 Å². The van der Waals surface area contributed by atoms with Crippen LogP contribution in [0.3, 0.4) is 0 Å². The van der Waals surface area contributed by atoms with E-state index < -0.39 is 12.1 Å². The summed E-state index contributed by atoms with van der Waals surface area (Å²) in [4.78, 5) is 23.2. The number of rotatable bonds is 3. The van der Waals surface area contributed by atoms with Crippen molar-refractivity contribution in [1.82, 2.24) is 0 Å². The van der Waals surface area contributed by atoms with Crippen LogP contribution in [0.25, 0.3) is 0 Å². The van der Waals surface area contributed by atoms with Gasteiger partial charge in [0.25, 0.3) is 5.91 Å². The fourth-order valence-electron chi connectivity index (χ4n) is 1.88. The second-order valence-electron chi connectivity index (χ2n) is 4.35. The first kappa shape index (κ1) is 15.0. The summed E-state index contributed by atoms with van der Waals surface area (Å²) in [6.45, 7) is 2.69. The van der Waals surface area contributed by atoms with Crippen LogP contribution in [-0.2, 0) is 14.3 Å². The molecule has 1 aromatic carbocycles. The maximum atomic E-state index is 12.0. The van der Waals surface area contributed by atoms with Gasteiger partial charge in [-0.3, -0.25) is 4.79 Å². The molecule has 0 radical (unpaired) electrons. The Balaban J connectivity index is 2.20. The van der Waals surface area contributed by atoms with Gasteiger partial charge in [-0.25, -0.2) is 4.79 Å². The summed E-state index contributed by atoms with van der Waals surface area (Å²) < 4.78 is 11.0. The van der Waals surface area contributed by atoms with Crippen molar-refractivity contribution in [3.63, 3.8) is 0 Å². The summed E-state index contributed by atoms with van der Waals surface area (Å²) in [6, 6.07) is 3.15. The quantitative estimate of drug-likeness (QED) is 0.874. The first-order valence-corrected chi connectivity index (χ1v) is 6.82. The number of anilines is 1. The predicted molar refractivity (Wildman–Crippen MR) is 75.0 cm³/mol. The number of hydrogen-bond donors (Lipinski definition) is 2. The number of carbonyl (C=O) groups excluding carboxylic acids is 1. The molecule has 1 fully saturated rings. The van der Waals surface area contributed by atoms with E-state index in [1.165, 1.54) is 6.07 Å². The monoisotopic (exact) mass is 343 g/mol. The highest BCUT2D eigenvalue weighted by Gasteiger charge is 2.24. The Morgan fingerprint density at radius 2 is 2.15 bits per heavy atom. The number of aromatic carboxylic acids is 1. The summed E-state index contributed by atoms with van der Waals surface area (Å²) >= 11 is 3.23. The van der Waals surface area contributed by atoms with Crippen LogP contribution < -0.4 is 5.32 Å². The third-order valence-electron chi connectivity index (χ3n) is 2.97. The van der Waals surface area contributed by atoms with Crippen molar-refractivity contribution in [2.75, 3.05) is 25.1 Å². The van der Waals surface area contributed by atoms with Crippen LogP contribution >= 0.6 is 15.9 Å². The molecule has 0 spiro atoms. The number of ether oxygens (including phenoxy) is 2. The van der Waals surface area contributed by atoms with Gasteiger partial charge in [0, 0.05) is 10.2 Å². The number of carboxylic acids is 1. The molecule has 1 aliphatic rings. The molecule has 0 aliphatic carbocycles. The summed E-state index contributed by atoms with van der Waals surface area (Å²) in [5, 5.41) is 11.8. The molecule has 0 aromatic heterocycles. The normalized spacial score (nSPS) is 18.6. The van der Waals surface area contributed by atoms with Gasteiger partial charge in [-0.2, -0.15) is 0 Å². The number of nitrogens with one attached hydrogen (secondary N) is 1. The fourth-order valence-corrected chi connectivity index (χ4v) is 2.34. The molecule has 1 amide bonds. The van der Waals surface area contributed by atoms with Gasteiger partial charge >= 0.3 is 5.97 Å². The smallest absolute Gasteiger partial charge is 0.336 e. The minimum Gasteiger partial charge on any atom is -0.478 e. The Morgan fingerprint density at radius 3 is 2.75 bits per heavy atom. The lowest BCUT2D eigenvalue weighted by molar-refractivity contribution is -0.142. The number of hydrogen-bond acceptors (Lipinski definition) is 4. The Bertz CT molecular complexity index is 540. The summed E-state index contributed by atoms with van der Waals surface area (Å²) in [7, 11) is 0. The first-order valence-electron chi connectivity index (χ1n) is 6.02. The van der Waals surface area contributed by atoms with Gasteiger partial charge in [0.2, 0.25) is 0 Å². The summed E-state index contributed by atoms with van der Waals surface area (Å²) in [6.07, 6.45) is -0.671. The zero-order valence-corrected chi connectivity index (χ0v) is 12.4. The zero-order chi connectivity index (χ0) is 14.7. The second kappa shape index (κ2) is 6.34. The van der Waals surface area contributed by atoms with E-state index in [4.69, 9.17) is 14.6 Å². The van der Waals surface area contributed by atoms with Crippen LogP contribution in [0.2, 0.25) is 0 Å². The highest BCUT2D eigenvalue weighted by Crippen LogP contribution is 2.25. The van der Waals surface area contributed by atoms with Crippen LogP contribution in [0.15, 0.2) is 16.6 Å². The van der Waals surface area contributed by atoms with Crippen molar-refractivity contribution in [2.24, 2.45) is 0 Å². The lowest BCUT2D eigenvalue weighted by atomic mass is 10.1. The van der Waals surface area contributed by atoms with Crippen molar-refractivity contribution in [2.45, 2.75) is 13.0 Å². The SMILES string of the molecule is Cc1c(NC(=O)C2COCCO2)cc(Br)cc1C(=O)O. The molecule has 0 bridgehead atoms. The van der Waals surface area contributed by atoms with E-state index in [1.807, 2.05) is 0 Å². The van der Waals surface area contributed by atoms with Gasteiger partial charge in [0.05, 0.1) is 25.4 Å². The summed E-state index contributed by atoms with van der Waals surface area (Å²) in [5.74, 6) is -1.39. The minimum atomic E-state index is -1.04. The maximum Gasteiger partial charge on any atom is 0.336 e. The molecule has 1 saturated heterocycles. The maximum absolute atomic E-state index is 12.0. The van der Waals surface area contributed by atoms with Gasteiger partial charge in [0.1, 0.15) is 0 Å². The Hall–Kier alpha value is -1.44. The highest BCUT2D eigenvalue weighted by atomic mass is 79.9. The predicted octanol–water partition coefficient (Wildman–Crippen LogP) is 1.81. The largest absolute Gasteiger partial charge is 0.478 e. The number of carbonyl (C=O) groups is 2. The Labute approximate surface area is 124 Å². The van der Waals surface area contributed by atoms with Gasteiger partial charge in [-0.1, -0.05) is 15.9 Å². The van der Waals surface area contributed by atoms with E-state index in [-0.39, 0.29) is 18.1 Å². The van der Waals surface area contributed by atoms with Crippen LogP contribution in [0.5, 0.6) is 0 Å². The Kier molecular flexibility index (Phi) is 4.74. The Morgan fingerprint density at radius 1 is 1.40 bits per heavy atom. The molecule has 1 heterocycles. The summed E-state index contributed by atoms with van der Waals surface area (Å²) in [5.41, 5.74) is 1.07. The van der Waals surface area contributed by atoms with Crippen molar-refractivity contribution < 1.29 is 24.2 Å². The van der Waals surface area contributed by atoms with E-state index in [9.17, 15) is 9.59 Å². The van der Waals surface area contributed by atoms with Crippen LogP contribution in [-0.4, -0.2) is 42.9 Å². The minimum absolute atomic E-state index is 0.135. The molecular formula is C13H14BrNO5. The molecule has 1 unspecified atom stereocenters. The van der Waals surface area contributed by atoms with Crippen LogP contribution in [0.4, 0.5) is 5.69 Å². The van der Waals surface area contributed by atoms with Crippen LogP contribution in [0.1, 0.15) is 15.9 Å². The molecule has 7 heteroatoms. The molecule has 2 rings (SSSR count). The number of halogens is 1. The van der Waals surface area contributed by atoms with Crippen molar-refractivity contribution in [3.8, 4) is 0 Å². The third kappa shape index (κ3) is 3.36.